The molecule has 0 N–H and O–H groups in total. The zero-order valence-corrected chi connectivity index (χ0v) is 13.9. The number of hydrogen-bond acceptors (Lipinski definition) is 4. The minimum absolute atomic E-state index is 0.125. The summed E-state index contributed by atoms with van der Waals surface area (Å²) in [6.45, 7) is 9.93. The molecule has 1 unspecified atom stereocenters. The molecule has 0 bridgehead atoms. The molecular weight excluding hydrogens is 268 g/mol. The van der Waals surface area contributed by atoms with E-state index in [0.29, 0.717) is 6.61 Å². The van der Waals surface area contributed by atoms with Gasteiger partial charge in [-0.2, -0.15) is 0 Å². The molecule has 1 rings (SSSR count). The van der Waals surface area contributed by atoms with Gasteiger partial charge in [0.2, 0.25) is 5.91 Å². The average molecular weight is 298 g/mol. The summed E-state index contributed by atoms with van der Waals surface area (Å²) < 4.78 is 5.01. The van der Waals surface area contributed by atoms with Crippen LogP contribution >= 0.6 is 0 Å². The van der Waals surface area contributed by atoms with Crippen LogP contribution in [0.3, 0.4) is 0 Å². The largest absolute Gasteiger partial charge is 0.465 e. The first-order valence-electron chi connectivity index (χ1n) is 8.17. The van der Waals surface area contributed by atoms with Crippen LogP contribution in [0.1, 0.15) is 53.4 Å². The van der Waals surface area contributed by atoms with Gasteiger partial charge in [0, 0.05) is 19.1 Å². The summed E-state index contributed by atoms with van der Waals surface area (Å²) in [6.07, 6.45) is 4.57. The smallest absolute Gasteiger partial charge is 0.320 e. The Hall–Kier alpha value is -1.10. The predicted molar refractivity (Wildman–Crippen MR) is 83.0 cm³/mol. The van der Waals surface area contributed by atoms with Crippen molar-refractivity contribution in [2.75, 3.05) is 26.2 Å². The summed E-state index contributed by atoms with van der Waals surface area (Å²) in [6, 6.07) is -0.159. The van der Waals surface area contributed by atoms with Crippen molar-refractivity contribution in [3.05, 3.63) is 0 Å². The highest BCUT2D eigenvalue weighted by molar-refractivity contribution is 5.82. The lowest BCUT2D eigenvalue weighted by atomic mass is 10.2. The van der Waals surface area contributed by atoms with E-state index in [1.165, 1.54) is 12.8 Å². The van der Waals surface area contributed by atoms with E-state index < -0.39 is 0 Å². The van der Waals surface area contributed by atoms with Gasteiger partial charge in [-0.15, -0.1) is 0 Å². The predicted octanol–water partition coefficient (Wildman–Crippen LogP) is 2.05. The highest BCUT2D eigenvalue weighted by Crippen LogP contribution is 2.14. The second kappa shape index (κ2) is 9.03. The zero-order valence-electron chi connectivity index (χ0n) is 13.9. The highest BCUT2D eigenvalue weighted by atomic mass is 16.5. The van der Waals surface area contributed by atoms with Gasteiger partial charge in [0.15, 0.2) is 0 Å². The Morgan fingerprint density at radius 1 is 1.10 bits per heavy atom. The van der Waals surface area contributed by atoms with Crippen molar-refractivity contribution in [3.8, 4) is 0 Å². The van der Waals surface area contributed by atoms with Crippen LogP contribution in [-0.4, -0.2) is 60.0 Å². The summed E-state index contributed by atoms with van der Waals surface area (Å²) in [7, 11) is 0. The molecule has 0 spiro atoms. The Kier molecular flexibility index (Phi) is 7.72. The molecule has 1 atom stereocenters. The number of amides is 1. The van der Waals surface area contributed by atoms with Gasteiger partial charge in [0.05, 0.1) is 19.2 Å². The highest BCUT2D eigenvalue weighted by Gasteiger charge is 2.29. The quantitative estimate of drug-likeness (QED) is 0.704. The first kappa shape index (κ1) is 18.0. The maximum Gasteiger partial charge on any atom is 0.320 e. The van der Waals surface area contributed by atoms with E-state index in [0.717, 1.165) is 25.9 Å². The molecule has 122 valence electrons. The lowest BCUT2D eigenvalue weighted by Gasteiger charge is -2.34. The lowest BCUT2D eigenvalue weighted by Crippen LogP contribution is -2.51. The number of nitrogens with zero attached hydrogens (tertiary/aromatic N) is 2. The van der Waals surface area contributed by atoms with Crippen LogP contribution < -0.4 is 0 Å². The molecule has 0 saturated carbocycles. The van der Waals surface area contributed by atoms with Crippen LogP contribution in [0, 0.1) is 0 Å². The number of ether oxygens (including phenoxy) is 1. The number of carbonyl (C=O) groups is 2. The molecule has 5 heteroatoms. The van der Waals surface area contributed by atoms with Crippen molar-refractivity contribution in [2.24, 2.45) is 0 Å². The van der Waals surface area contributed by atoms with E-state index in [4.69, 9.17) is 4.74 Å². The van der Waals surface area contributed by atoms with E-state index in [9.17, 15) is 9.59 Å². The summed E-state index contributed by atoms with van der Waals surface area (Å²) >= 11 is 0. The second-order valence-corrected chi connectivity index (χ2v) is 5.99. The third-order valence-electron chi connectivity index (χ3n) is 4.05. The monoisotopic (exact) mass is 298 g/mol. The van der Waals surface area contributed by atoms with Gasteiger partial charge < -0.3 is 9.64 Å². The normalized spacial score (nSPS) is 17.7. The lowest BCUT2D eigenvalue weighted by molar-refractivity contribution is -0.147. The summed E-state index contributed by atoms with van der Waals surface area (Å²) in [4.78, 5) is 28.3. The fraction of sp³-hybridized carbons (Fsp3) is 0.875. The van der Waals surface area contributed by atoms with Crippen molar-refractivity contribution >= 4 is 11.9 Å². The Bertz CT molecular complexity index is 336. The van der Waals surface area contributed by atoms with E-state index >= 15 is 0 Å². The standard InChI is InChI=1S/C16H30N2O3/c1-5-21-15(19)12-18(13(2)3)14(4)16(20)17-10-8-6-7-9-11-17/h13-14H,5-12H2,1-4H3. The topological polar surface area (TPSA) is 49.9 Å². The number of hydrogen-bond donors (Lipinski definition) is 0. The molecular formula is C16H30N2O3. The fourth-order valence-corrected chi connectivity index (χ4v) is 2.82. The van der Waals surface area contributed by atoms with Crippen LogP contribution in [0.15, 0.2) is 0 Å². The molecule has 0 radical (unpaired) electrons. The van der Waals surface area contributed by atoms with Gasteiger partial charge in [-0.1, -0.05) is 12.8 Å². The van der Waals surface area contributed by atoms with Gasteiger partial charge in [0.1, 0.15) is 0 Å². The molecule has 21 heavy (non-hydrogen) atoms. The number of rotatable bonds is 6. The molecule has 1 saturated heterocycles. The van der Waals surface area contributed by atoms with Gasteiger partial charge in [-0.05, 0) is 40.5 Å². The Labute approximate surface area is 128 Å². The minimum atomic E-state index is -0.285. The third-order valence-corrected chi connectivity index (χ3v) is 4.05. The van der Waals surface area contributed by atoms with Crippen molar-refractivity contribution < 1.29 is 14.3 Å². The van der Waals surface area contributed by atoms with Gasteiger partial charge in [-0.25, -0.2) is 0 Å². The van der Waals surface area contributed by atoms with E-state index in [-0.39, 0.29) is 30.5 Å². The Morgan fingerprint density at radius 2 is 1.67 bits per heavy atom. The maximum atomic E-state index is 12.7. The first-order valence-corrected chi connectivity index (χ1v) is 8.17. The Balaban J connectivity index is 2.67. The first-order chi connectivity index (χ1) is 9.97. The van der Waals surface area contributed by atoms with Crippen LogP contribution in [0.5, 0.6) is 0 Å². The minimum Gasteiger partial charge on any atom is -0.465 e. The van der Waals surface area contributed by atoms with Crippen molar-refractivity contribution in [2.45, 2.75) is 65.5 Å². The Morgan fingerprint density at radius 3 is 2.14 bits per heavy atom. The summed E-state index contributed by atoms with van der Waals surface area (Å²) in [5, 5.41) is 0. The van der Waals surface area contributed by atoms with Gasteiger partial charge in [0.25, 0.3) is 0 Å². The summed E-state index contributed by atoms with van der Waals surface area (Å²) in [5.74, 6) is -0.128. The SMILES string of the molecule is CCOC(=O)CN(C(C)C)C(C)C(=O)N1CCCCCC1. The van der Waals surface area contributed by atoms with E-state index in [1.54, 1.807) is 6.92 Å². The molecule has 1 heterocycles. The molecule has 1 amide bonds. The number of likely N-dealkylation sites (tertiary alicyclic amines) is 1. The zero-order chi connectivity index (χ0) is 15.8. The molecule has 0 aromatic rings. The van der Waals surface area contributed by atoms with Crippen LogP contribution in [-0.2, 0) is 14.3 Å². The molecule has 0 aromatic heterocycles. The van der Waals surface area contributed by atoms with Crippen LogP contribution in [0.2, 0.25) is 0 Å². The van der Waals surface area contributed by atoms with Crippen molar-refractivity contribution in [3.63, 3.8) is 0 Å². The molecule has 1 aliphatic rings. The van der Waals surface area contributed by atoms with Gasteiger partial charge >= 0.3 is 5.97 Å². The van der Waals surface area contributed by atoms with E-state index in [2.05, 4.69) is 0 Å². The van der Waals surface area contributed by atoms with Crippen molar-refractivity contribution in [1.29, 1.82) is 0 Å². The molecule has 0 aliphatic carbocycles. The summed E-state index contributed by atoms with van der Waals surface area (Å²) in [5.41, 5.74) is 0. The molecule has 5 nitrogen and oxygen atoms in total. The fourth-order valence-electron chi connectivity index (χ4n) is 2.82. The molecule has 1 aliphatic heterocycles. The molecule has 1 fully saturated rings. The van der Waals surface area contributed by atoms with Crippen molar-refractivity contribution in [1.82, 2.24) is 9.80 Å². The number of esters is 1. The van der Waals surface area contributed by atoms with Crippen LogP contribution in [0.25, 0.3) is 0 Å². The van der Waals surface area contributed by atoms with Crippen LogP contribution in [0.4, 0.5) is 0 Å². The maximum absolute atomic E-state index is 12.7. The van der Waals surface area contributed by atoms with Gasteiger partial charge in [-0.3, -0.25) is 14.5 Å². The molecule has 0 aromatic carbocycles. The third kappa shape index (κ3) is 5.65. The van der Waals surface area contributed by atoms with E-state index in [1.807, 2.05) is 30.6 Å². The average Bonchev–Trinajstić information content (AvgIpc) is 2.72. The number of carbonyl (C=O) groups excluding carboxylic acids is 2. The second-order valence-electron chi connectivity index (χ2n) is 5.99.